The smallest absolute Gasteiger partial charge is 0.255 e. The topological polar surface area (TPSA) is 201 Å². The number of primary amides is 2. The third kappa shape index (κ3) is 12.7. The number of amides is 4. The van der Waals surface area contributed by atoms with Gasteiger partial charge in [0.1, 0.15) is 30.5 Å². The van der Waals surface area contributed by atoms with Gasteiger partial charge in [0.05, 0.1) is 50.5 Å². The summed E-state index contributed by atoms with van der Waals surface area (Å²) >= 11 is 3.40. The monoisotopic (exact) mass is 963 g/mol. The average Bonchev–Trinajstić information content (AvgIpc) is 3.71. The maximum Gasteiger partial charge on any atom is 0.255 e. The molecule has 0 bridgehead atoms. The number of nitrogens with zero attached hydrogens (tertiary/aromatic N) is 3. The first-order valence-corrected chi connectivity index (χ1v) is 21.5. The van der Waals surface area contributed by atoms with Crippen LogP contribution >= 0.6 is 15.9 Å². The van der Waals surface area contributed by atoms with Crippen LogP contribution in [0.15, 0.2) is 47.1 Å². The van der Waals surface area contributed by atoms with Crippen LogP contribution in [0.25, 0.3) is 21.5 Å². The lowest BCUT2D eigenvalue weighted by molar-refractivity contribution is -0.124. The van der Waals surface area contributed by atoms with Gasteiger partial charge in [-0.2, -0.15) is 0 Å². The summed E-state index contributed by atoms with van der Waals surface area (Å²) in [6.45, 7) is 5.17. The van der Waals surface area contributed by atoms with E-state index in [2.05, 4.69) is 49.3 Å². The van der Waals surface area contributed by atoms with Gasteiger partial charge in [0.25, 0.3) is 23.6 Å². The SMILES string of the molecule is C#CCN(C)C.CC[C@@H]1[C@H](F)C(=O)N[C@@H]1COc1ccc(C#CCN(C)C)c2cc(C(N)=O)c(OC)cc12.CC[C@@H]1[C@H](F)C(=O)N[C@@H]1COc1ncc(Br)c2cc(C(N)=O)c(OC)cc12. The molecule has 2 aliphatic rings. The number of alkyl halides is 2. The van der Waals surface area contributed by atoms with E-state index in [1.165, 1.54) is 20.4 Å². The van der Waals surface area contributed by atoms with Gasteiger partial charge in [-0.15, -0.1) is 6.42 Å². The van der Waals surface area contributed by atoms with Crippen molar-refractivity contribution in [1.29, 1.82) is 0 Å². The van der Waals surface area contributed by atoms with Crippen molar-refractivity contribution in [3.05, 3.63) is 63.8 Å². The second-order valence-corrected chi connectivity index (χ2v) is 16.6. The molecule has 0 radical (unpaired) electrons. The van der Waals surface area contributed by atoms with Gasteiger partial charge in [0.2, 0.25) is 5.88 Å². The van der Waals surface area contributed by atoms with Gasteiger partial charge in [0, 0.05) is 49.6 Å². The number of nitrogens with one attached hydrogen (secondary N) is 2. The number of nitrogens with two attached hydrogens (primary N) is 2. The number of terminal acetylenes is 1. The summed E-state index contributed by atoms with van der Waals surface area (Å²) in [5.41, 5.74) is 12.1. The molecule has 6 atom stereocenters. The average molecular weight is 965 g/mol. The van der Waals surface area contributed by atoms with E-state index in [0.717, 1.165) is 6.54 Å². The predicted molar refractivity (Wildman–Crippen MR) is 249 cm³/mol. The van der Waals surface area contributed by atoms with Gasteiger partial charge in [-0.1, -0.05) is 31.6 Å². The molecule has 1 aromatic heterocycles. The Hall–Kier alpha value is -6.21. The highest BCUT2D eigenvalue weighted by Crippen LogP contribution is 2.37. The summed E-state index contributed by atoms with van der Waals surface area (Å²) in [5.74, 6) is 6.78. The lowest BCUT2D eigenvalue weighted by Crippen LogP contribution is -2.34. The lowest BCUT2D eigenvalue weighted by Gasteiger charge is -2.20. The molecule has 2 aliphatic heterocycles. The molecule has 18 heteroatoms. The van der Waals surface area contributed by atoms with Gasteiger partial charge >= 0.3 is 0 Å². The molecule has 0 aliphatic carbocycles. The first-order valence-electron chi connectivity index (χ1n) is 20.7. The highest BCUT2D eigenvalue weighted by atomic mass is 79.9. The van der Waals surface area contributed by atoms with E-state index in [0.29, 0.717) is 68.2 Å². The quantitative estimate of drug-likeness (QED) is 0.129. The number of hydrogen-bond acceptors (Lipinski definition) is 11. The highest BCUT2D eigenvalue weighted by Gasteiger charge is 2.43. The van der Waals surface area contributed by atoms with E-state index in [9.17, 15) is 28.0 Å². The van der Waals surface area contributed by atoms with Crippen LogP contribution in [0.5, 0.6) is 23.1 Å². The number of ether oxygens (including phenoxy) is 4. The minimum atomic E-state index is -1.53. The standard InChI is InChI=1S/C24H28FN3O4.C18H19BrFN3O4.C5H9N/c1-5-15-19(27-24(30)22(15)25)13-32-20-9-8-14(7-6-10-28(2)3)16-11-18(23(26)29)21(31-4)12-17(16)20;1-3-8-13(23-17(25)15(8)20)7-27-18-10-5-14(26-2)11(16(21)24)4-9(10)12(19)6-22-18;1-4-5-6(2)3/h8-9,11-12,15,19,22H,5,10,13H2,1-4H3,(H2,26,29)(H,27,30);4-6,8,13,15H,3,7H2,1-2H3,(H2,21,24)(H,23,25);1H,5H2,2-3H3/t15-,19+,22-;8-,13+,15-;/m00./s1. The summed E-state index contributed by atoms with van der Waals surface area (Å²) < 4.78 is 51.1. The van der Waals surface area contributed by atoms with Crippen molar-refractivity contribution >= 4 is 61.1 Å². The zero-order valence-electron chi connectivity index (χ0n) is 37.7. The molecule has 2 saturated heterocycles. The van der Waals surface area contributed by atoms with Crippen molar-refractivity contribution in [3.63, 3.8) is 0 Å². The Morgan fingerprint density at radius 3 is 1.74 bits per heavy atom. The lowest BCUT2D eigenvalue weighted by atomic mass is 9.96. The Bertz CT molecular complexity index is 2490. The Balaban J connectivity index is 0.000000255. The number of benzene rings is 3. The molecule has 3 aromatic carbocycles. The number of carbonyl (C=O) groups excluding carboxylic acids is 4. The van der Waals surface area contributed by atoms with Crippen LogP contribution in [0.1, 0.15) is 53.0 Å². The van der Waals surface area contributed by atoms with Gasteiger partial charge in [0.15, 0.2) is 12.3 Å². The predicted octanol–water partition coefficient (Wildman–Crippen LogP) is 4.63. The number of rotatable bonds is 14. The van der Waals surface area contributed by atoms with Crippen molar-refractivity contribution in [2.75, 3.05) is 68.7 Å². The van der Waals surface area contributed by atoms with Crippen LogP contribution in [-0.2, 0) is 9.59 Å². The number of carbonyl (C=O) groups is 4. The van der Waals surface area contributed by atoms with Crippen LogP contribution in [0.3, 0.4) is 0 Å². The van der Waals surface area contributed by atoms with E-state index in [-0.39, 0.29) is 30.2 Å². The molecular formula is C47H56BrF2N7O8. The van der Waals surface area contributed by atoms with Crippen LogP contribution in [0.2, 0.25) is 0 Å². The maximum atomic E-state index is 14.1. The van der Waals surface area contributed by atoms with Gasteiger partial charge in [-0.05, 0) is 93.4 Å². The molecule has 3 heterocycles. The van der Waals surface area contributed by atoms with Crippen molar-refractivity contribution in [1.82, 2.24) is 25.4 Å². The first-order chi connectivity index (χ1) is 30.9. The maximum absolute atomic E-state index is 14.1. The number of hydrogen-bond donors (Lipinski definition) is 4. The number of halogens is 3. The molecule has 348 valence electrons. The molecule has 0 saturated carbocycles. The molecule has 0 spiro atoms. The molecule has 4 amide bonds. The third-order valence-electron chi connectivity index (χ3n) is 10.7. The van der Waals surface area contributed by atoms with Crippen LogP contribution in [0, 0.1) is 36.0 Å². The van der Waals surface area contributed by atoms with Gasteiger partial charge < -0.3 is 41.0 Å². The molecule has 65 heavy (non-hydrogen) atoms. The Morgan fingerprint density at radius 2 is 1.28 bits per heavy atom. The van der Waals surface area contributed by atoms with Crippen molar-refractivity contribution < 1.29 is 46.9 Å². The normalized spacial score (nSPS) is 19.8. The fourth-order valence-corrected chi connectivity index (χ4v) is 7.73. The Labute approximate surface area is 386 Å². The second kappa shape index (κ2) is 23.6. The molecule has 4 aromatic rings. The highest BCUT2D eigenvalue weighted by molar-refractivity contribution is 9.10. The molecule has 6 N–H and O–H groups in total. The van der Waals surface area contributed by atoms with Crippen molar-refractivity contribution in [2.45, 2.75) is 51.1 Å². The van der Waals surface area contributed by atoms with Crippen LogP contribution < -0.4 is 41.0 Å². The first kappa shape index (κ1) is 51.4. The van der Waals surface area contributed by atoms with Crippen LogP contribution in [-0.4, -0.2) is 132 Å². The molecular weight excluding hydrogens is 908 g/mol. The molecule has 15 nitrogen and oxygen atoms in total. The zero-order chi connectivity index (χ0) is 48.1. The molecule has 0 unspecified atom stereocenters. The van der Waals surface area contributed by atoms with E-state index >= 15 is 0 Å². The number of fused-ring (bicyclic) bond motifs is 2. The molecule has 2 fully saturated rings. The number of methoxy groups -OCH3 is 2. The van der Waals surface area contributed by atoms with E-state index in [1.807, 2.05) is 51.8 Å². The molecule has 6 rings (SSSR count). The van der Waals surface area contributed by atoms with Crippen LogP contribution in [0.4, 0.5) is 8.78 Å². The summed E-state index contributed by atoms with van der Waals surface area (Å²) in [7, 11) is 10.6. The largest absolute Gasteiger partial charge is 0.496 e. The minimum absolute atomic E-state index is 0.0777. The van der Waals surface area contributed by atoms with E-state index < -0.39 is 59.9 Å². The fourth-order valence-electron chi connectivity index (χ4n) is 7.30. The third-order valence-corrected chi connectivity index (χ3v) is 11.3. The van der Waals surface area contributed by atoms with Crippen molar-refractivity contribution in [3.8, 4) is 47.3 Å². The Kier molecular flexibility index (Phi) is 18.7. The second-order valence-electron chi connectivity index (χ2n) is 15.7. The fraction of sp³-hybridized carbons (Fsp3) is 0.426. The Morgan fingerprint density at radius 1 is 0.769 bits per heavy atom. The number of aromatic nitrogens is 1. The van der Waals surface area contributed by atoms with Gasteiger partial charge in [-0.3, -0.25) is 29.0 Å². The van der Waals surface area contributed by atoms with E-state index in [1.54, 1.807) is 36.4 Å². The summed E-state index contributed by atoms with van der Waals surface area (Å²) in [6, 6.07) is 9.26. The minimum Gasteiger partial charge on any atom is -0.496 e. The summed E-state index contributed by atoms with van der Waals surface area (Å²) in [4.78, 5) is 55.1. The summed E-state index contributed by atoms with van der Waals surface area (Å²) in [6.07, 6.45) is 4.45. The number of pyridine rings is 1. The van der Waals surface area contributed by atoms with E-state index in [4.69, 9.17) is 36.8 Å². The van der Waals surface area contributed by atoms with Crippen molar-refractivity contribution in [2.24, 2.45) is 23.3 Å². The summed E-state index contributed by atoms with van der Waals surface area (Å²) in [5, 5.41) is 7.92. The zero-order valence-corrected chi connectivity index (χ0v) is 39.3. The van der Waals surface area contributed by atoms with Gasteiger partial charge in [-0.25, -0.2) is 13.8 Å².